The number of benzene rings is 1. The number of thioether (sulfide) groups is 1. The van der Waals surface area contributed by atoms with Crippen molar-refractivity contribution in [2.24, 2.45) is 0 Å². The van der Waals surface area contributed by atoms with E-state index in [1.54, 1.807) is 0 Å². The van der Waals surface area contributed by atoms with Crippen molar-refractivity contribution in [1.82, 2.24) is 0 Å². The molecule has 0 N–H and O–H groups in total. The second kappa shape index (κ2) is 6.62. The summed E-state index contributed by atoms with van der Waals surface area (Å²) in [6.07, 6.45) is 1.69. The molecule has 0 aromatic heterocycles. The molecule has 1 aliphatic rings. The Hall–Kier alpha value is -0.730. The molecule has 1 aliphatic heterocycles. The van der Waals surface area contributed by atoms with E-state index in [4.69, 9.17) is 26.3 Å². The van der Waals surface area contributed by atoms with Crippen molar-refractivity contribution in [2.75, 3.05) is 12.4 Å². The summed E-state index contributed by atoms with van der Waals surface area (Å²) in [5.41, 5.74) is 1.22. The third-order valence-corrected chi connectivity index (χ3v) is 4.02. The summed E-state index contributed by atoms with van der Waals surface area (Å²) >= 11 is 7.06. The maximum absolute atomic E-state index is 8.54. The third kappa shape index (κ3) is 4.39. The molecular formula is C14H16ClNO2S. The summed E-state index contributed by atoms with van der Waals surface area (Å²) in [5.74, 6) is 0.118. The summed E-state index contributed by atoms with van der Waals surface area (Å²) in [6, 6.07) is 7.82. The molecule has 19 heavy (non-hydrogen) atoms. The molecule has 3 nitrogen and oxygen atoms in total. The van der Waals surface area contributed by atoms with E-state index >= 15 is 0 Å². The van der Waals surface area contributed by atoms with Gasteiger partial charge in [0.05, 0.1) is 12.7 Å². The molecule has 1 heterocycles. The Bertz CT molecular complexity index is 460. The smallest absolute Gasteiger partial charge is 0.166 e. The maximum atomic E-state index is 8.54. The van der Waals surface area contributed by atoms with E-state index in [2.05, 4.69) is 5.40 Å². The van der Waals surface area contributed by atoms with E-state index in [9.17, 15) is 0 Å². The lowest BCUT2D eigenvalue weighted by Crippen LogP contribution is -2.27. The van der Waals surface area contributed by atoms with Crippen LogP contribution in [0, 0.1) is 10.7 Å². The van der Waals surface area contributed by atoms with Crippen LogP contribution in [0.5, 0.6) is 0 Å². The molecule has 0 bridgehead atoms. The molecule has 1 aromatic rings. The summed E-state index contributed by atoms with van der Waals surface area (Å²) < 4.78 is 11.6. The topological polar surface area (TPSA) is 42.2 Å². The largest absolute Gasteiger partial charge is 0.347 e. The normalized spacial score (nSPS) is 26.3. The van der Waals surface area contributed by atoms with Crippen LogP contribution < -0.4 is 0 Å². The first-order chi connectivity index (χ1) is 9.11. The molecule has 5 heteroatoms. The van der Waals surface area contributed by atoms with Gasteiger partial charge < -0.3 is 9.47 Å². The van der Waals surface area contributed by atoms with Crippen LogP contribution in [0.1, 0.15) is 18.9 Å². The minimum absolute atomic E-state index is 0.0138. The van der Waals surface area contributed by atoms with Crippen LogP contribution >= 0.6 is 23.4 Å². The lowest BCUT2D eigenvalue weighted by atomic mass is 10.1. The highest BCUT2D eigenvalue weighted by atomic mass is 35.5. The minimum atomic E-state index is -0.541. The molecule has 1 saturated heterocycles. The van der Waals surface area contributed by atoms with Crippen molar-refractivity contribution in [3.05, 3.63) is 34.9 Å². The van der Waals surface area contributed by atoms with Crippen molar-refractivity contribution in [3.8, 4) is 5.40 Å². The number of hydrogen-bond donors (Lipinski definition) is 0. The number of aryl methyl sites for hydroxylation is 1. The summed E-state index contributed by atoms with van der Waals surface area (Å²) in [7, 11) is 0. The van der Waals surface area contributed by atoms with E-state index in [1.165, 1.54) is 17.3 Å². The standard InChI is InChI=1S/C14H16ClNO2S/c1-14(17-8-13(18-14)9-19-10-16)7-6-11-2-4-12(15)5-3-11/h2-5,13H,6-9H2,1H3. The van der Waals surface area contributed by atoms with Crippen LogP contribution in [0.15, 0.2) is 24.3 Å². The van der Waals surface area contributed by atoms with E-state index in [1.807, 2.05) is 31.2 Å². The molecule has 0 saturated carbocycles. The molecule has 0 spiro atoms. The molecule has 0 radical (unpaired) electrons. The van der Waals surface area contributed by atoms with Crippen molar-refractivity contribution in [3.63, 3.8) is 0 Å². The lowest BCUT2D eigenvalue weighted by molar-refractivity contribution is -0.155. The molecule has 0 aliphatic carbocycles. The van der Waals surface area contributed by atoms with Gasteiger partial charge >= 0.3 is 0 Å². The average Bonchev–Trinajstić information content (AvgIpc) is 2.78. The Labute approximate surface area is 122 Å². The van der Waals surface area contributed by atoms with Gasteiger partial charge in [0.1, 0.15) is 5.40 Å². The fourth-order valence-electron chi connectivity index (χ4n) is 2.06. The Balaban J connectivity index is 1.82. The van der Waals surface area contributed by atoms with Crippen molar-refractivity contribution < 1.29 is 9.47 Å². The van der Waals surface area contributed by atoms with Gasteiger partial charge in [-0.3, -0.25) is 0 Å². The van der Waals surface area contributed by atoms with Crippen LogP contribution in [0.2, 0.25) is 5.02 Å². The van der Waals surface area contributed by atoms with Crippen molar-refractivity contribution in [1.29, 1.82) is 5.26 Å². The fraction of sp³-hybridized carbons (Fsp3) is 0.500. The lowest BCUT2D eigenvalue weighted by Gasteiger charge is -2.23. The predicted octanol–water partition coefficient (Wildman–Crippen LogP) is 3.62. The van der Waals surface area contributed by atoms with Crippen LogP contribution in [0.4, 0.5) is 0 Å². The van der Waals surface area contributed by atoms with E-state index < -0.39 is 5.79 Å². The van der Waals surface area contributed by atoms with Crippen LogP contribution in [-0.4, -0.2) is 24.3 Å². The van der Waals surface area contributed by atoms with E-state index in [-0.39, 0.29) is 6.10 Å². The SMILES string of the molecule is CC1(CCc2ccc(Cl)cc2)OCC(CSC#N)O1. The maximum Gasteiger partial charge on any atom is 0.166 e. The molecule has 2 atom stereocenters. The Morgan fingerprint density at radius 2 is 2.21 bits per heavy atom. The van der Waals surface area contributed by atoms with Gasteiger partial charge in [-0.15, -0.1) is 0 Å². The zero-order valence-electron chi connectivity index (χ0n) is 10.8. The summed E-state index contributed by atoms with van der Waals surface area (Å²) in [4.78, 5) is 0. The van der Waals surface area contributed by atoms with E-state index in [0.29, 0.717) is 12.4 Å². The first-order valence-electron chi connectivity index (χ1n) is 6.18. The highest BCUT2D eigenvalue weighted by Crippen LogP contribution is 2.29. The number of nitrogens with zero attached hydrogens (tertiary/aromatic N) is 1. The number of nitriles is 1. The summed E-state index contributed by atoms with van der Waals surface area (Å²) in [6.45, 7) is 2.52. The predicted molar refractivity (Wildman–Crippen MR) is 77.1 cm³/mol. The van der Waals surface area contributed by atoms with E-state index in [0.717, 1.165) is 17.9 Å². The zero-order valence-corrected chi connectivity index (χ0v) is 12.3. The monoisotopic (exact) mass is 297 g/mol. The van der Waals surface area contributed by atoms with Gasteiger partial charge in [-0.2, -0.15) is 5.26 Å². The quantitative estimate of drug-likeness (QED) is 0.779. The van der Waals surface area contributed by atoms with Crippen molar-refractivity contribution >= 4 is 23.4 Å². The van der Waals surface area contributed by atoms with Crippen LogP contribution in [-0.2, 0) is 15.9 Å². The van der Waals surface area contributed by atoms with Crippen LogP contribution in [0.25, 0.3) is 0 Å². The Morgan fingerprint density at radius 3 is 2.89 bits per heavy atom. The molecule has 2 rings (SSSR count). The highest BCUT2D eigenvalue weighted by molar-refractivity contribution is 8.03. The second-order valence-corrected chi connectivity index (χ2v) is 5.95. The highest BCUT2D eigenvalue weighted by Gasteiger charge is 2.36. The average molecular weight is 298 g/mol. The minimum Gasteiger partial charge on any atom is -0.347 e. The van der Waals surface area contributed by atoms with Crippen molar-refractivity contribution in [2.45, 2.75) is 31.7 Å². The second-order valence-electron chi connectivity index (χ2n) is 4.71. The Morgan fingerprint density at radius 1 is 1.47 bits per heavy atom. The summed E-state index contributed by atoms with van der Waals surface area (Å²) in [5, 5.41) is 11.3. The molecular weight excluding hydrogens is 282 g/mol. The van der Waals surface area contributed by atoms with Gasteiger partial charge in [0.25, 0.3) is 0 Å². The molecule has 1 fully saturated rings. The molecule has 0 amide bonds. The number of rotatable bonds is 5. The number of hydrogen-bond acceptors (Lipinski definition) is 4. The third-order valence-electron chi connectivity index (χ3n) is 3.11. The fourth-order valence-corrected chi connectivity index (χ4v) is 2.61. The van der Waals surface area contributed by atoms with Gasteiger partial charge in [-0.25, -0.2) is 0 Å². The molecule has 102 valence electrons. The number of halogens is 1. The van der Waals surface area contributed by atoms with Gasteiger partial charge in [0.15, 0.2) is 5.79 Å². The molecule has 1 aromatic carbocycles. The van der Waals surface area contributed by atoms with Gasteiger partial charge in [-0.1, -0.05) is 23.7 Å². The van der Waals surface area contributed by atoms with Gasteiger partial charge in [-0.05, 0) is 42.8 Å². The first-order valence-corrected chi connectivity index (χ1v) is 7.55. The zero-order chi connectivity index (χ0) is 13.7. The van der Waals surface area contributed by atoms with Crippen LogP contribution in [0.3, 0.4) is 0 Å². The number of ether oxygens (including phenoxy) is 2. The van der Waals surface area contributed by atoms with Gasteiger partial charge in [0.2, 0.25) is 0 Å². The van der Waals surface area contributed by atoms with Gasteiger partial charge in [0, 0.05) is 17.2 Å². The molecule has 2 unspecified atom stereocenters. The number of thiocyanates is 1. The first kappa shape index (κ1) is 14.7. The Kier molecular flexibility index (Phi) is 5.12.